The molecule has 1 aliphatic rings. The average molecular weight is 238 g/mol. The van der Waals surface area contributed by atoms with Crippen molar-refractivity contribution < 1.29 is 0 Å². The molecule has 1 unspecified atom stereocenters. The molecule has 0 saturated heterocycles. The molecular formula is C15H27P. The molecule has 0 nitrogen and oxygen atoms in total. The lowest BCUT2D eigenvalue weighted by molar-refractivity contribution is 0.506. The van der Waals surface area contributed by atoms with E-state index in [-0.39, 0.29) is 7.92 Å². The lowest BCUT2D eigenvalue weighted by Gasteiger charge is -2.37. The van der Waals surface area contributed by atoms with Crippen molar-refractivity contribution in [2.75, 3.05) is 0 Å². The van der Waals surface area contributed by atoms with Crippen molar-refractivity contribution >= 4 is 7.92 Å². The first kappa shape index (κ1) is 14.0. The van der Waals surface area contributed by atoms with Gasteiger partial charge in [-0.25, -0.2) is 0 Å². The van der Waals surface area contributed by atoms with E-state index < -0.39 is 0 Å². The second kappa shape index (κ2) is 6.01. The van der Waals surface area contributed by atoms with Crippen LogP contribution in [0.25, 0.3) is 0 Å². The third-order valence-corrected chi connectivity index (χ3v) is 6.58. The molecule has 0 bridgehead atoms. The van der Waals surface area contributed by atoms with E-state index in [0.717, 1.165) is 5.66 Å². The summed E-state index contributed by atoms with van der Waals surface area (Å²) in [5.74, 6) is 2.48. The Morgan fingerprint density at radius 3 is 2.19 bits per heavy atom. The lowest BCUT2D eigenvalue weighted by atomic mass is 10.0. The summed E-state index contributed by atoms with van der Waals surface area (Å²) in [6.45, 7) is 13.3. The first-order valence-electron chi connectivity index (χ1n) is 6.53. The van der Waals surface area contributed by atoms with Gasteiger partial charge in [-0.2, -0.15) is 0 Å². The van der Waals surface area contributed by atoms with E-state index >= 15 is 0 Å². The molecule has 0 aromatic carbocycles. The normalized spacial score (nSPS) is 21.2. The molecule has 0 spiro atoms. The molecular weight excluding hydrogens is 211 g/mol. The third kappa shape index (κ3) is 4.42. The van der Waals surface area contributed by atoms with Gasteiger partial charge in [0.2, 0.25) is 0 Å². The van der Waals surface area contributed by atoms with Crippen LogP contribution in [0.3, 0.4) is 0 Å². The van der Waals surface area contributed by atoms with Gasteiger partial charge in [0.25, 0.3) is 0 Å². The van der Waals surface area contributed by atoms with Crippen molar-refractivity contribution in [3.63, 3.8) is 0 Å². The summed E-state index contributed by atoms with van der Waals surface area (Å²) < 4.78 is 0. The summed E-state index contributed by atoms with van der Waals surface area (Å²) in [7, 11) is 0.00623. The smallest absolute Gasteiger partial charge is 0.0142 e. The molecule has 0 aliphatic heterocycles. The molecule has 0 aromatic rings. The molecule has 92 valence electrons. The van der Waals surface area contributed by atoms with Crippen LogP contribution in [0.15, 0.2) is 24.0 Å². The zero-order valence-corrected chi connectivity index (χ0v) is 12.3. The van der Waals surface area contributed by atoms with Gasteiger partial charge in [-0.3, -0.25) is 0 Å². The van der Waals surface area contributed by atoms with Crippen LogP contribution in [-0.4, -0.2) is 10.8 Å². The summed E-state index contributed by atoms with van der Waals surface area (Å²) in [6, 6.07) is 0. The Hall–Kier alpha value is -0.0900. The van der Waals surface area contributed by atoms with E-state index in [4.69, 9.17) is 0 Å². The monoisotopic (exact) mass is 238 g/mol. The van der Waals surface area contributed by atoms with Gasteiger partial charge in [0.05, 0.1) is 0 Å². The van der Waals surface area contributed by atoms with Gasteiger partial charge in [-0.1, -0.05) is 72.0 Å². The van der Waals surface area contributed by atoms with Gasteiger partial charge >= 0.3 is 0 Å². The summed E-state index contributed by atoms with van der Waals surface area (Å²) in [4.78, 5) is 0. The lowest BCUT2D eigenvalue weighted by Crippen LogP contribution is -2.21. The minimum Gasteiger partial charge on any atom is -0.0961 e. The third-order valence-electron chi connectivity index (χ3n) is 3.26. The second-order valence-corrected chi connectivity index (χ2v) is 9.22. The highest BCUT2D eigenvalue weighted by Gasteiger charge is 2.30. The zero-order valence-electron chi connectivity index (χ0n) is 11.4. The highest BCUT2D eigenvalue weighted by molar-refractivity contribution is 7.63. The maximum atomic E-state index is 3.98. The molecule has 1 saturated carbocycles. The molecule has 1 rings (SSSR count). The fourth-order valence-corrected chi connectivity index (χ4v) is 5.58. The second-order valence-electron chi connectivity index (χ2n) is 6.03. The zero-order chi connectivity index (χ0) is 12.2. The average Bonchev–Trinajstić information content (AvgIpc) is 2.17. The Balaban J connectivity index is 2.73. The van der Waals surface area contributed by atoms with Gasteiger partial charge < -0.3 is 0 Å². The van der Waals surface area contributed by atoms with Gasteiger partial charge in [-0.05, 0) is 30.6 Å². The van der Waals surface area contributed by atoms with Gasteiger partial charge in [0, 0.05) is 0 Å². The molecule has 0 aromatic heterocycles. The molecule has 0 heterocycles. The van der Waals surface area contributed by atoms with Crippen LogP contribution in [0.1, 0.15) is 59.8 Å². The minimum absolute atomic E-state index is 0.00623. The first-order chi connectivity index (χ1) is 7.41. The molecule has 1 atom stereocenters. The van der Waals surface area contributed by atoms with Crippen molar-refractivity contribution in [3.05, 3.63) is 24.0 Å². The minimum atomic E-state index is 0.00623. The van der Waals surface area contributed by atoms with Crippen LogP contribution in [-0.2, 0) is 0 Å². The highest BCUT2D eigenvalue weighted by Crippen LogP contribution is 2.58. The van der Waals surface area contributed by atoms with Crippen molar-refractivity contribution in [1.29, 1.82) is 0 Å². The van der Waals surface area contributed by atoms with Crippen molar-refractivity contribution in [2.45, 2.75) is 70.6 Å². The number of hydrogen-bond acceptors (Lipinski definition) is 0. The SMILES string of the molecule is C=C(C)C=CP(C1CCCCC1)C(C)(C)C. The van der Waals surface area contributed by atoms with E-state index in [1.54, 1.807) is 0 Å². The highest BCUT2D eigenvalue weighted by atomic mass is 31.1. The topological polar surface area (TPSA) is 0 Å². The van der Waals surface area contributed by atoms with Crippen LogP contribution in [0.5, 0.6) is 0 Å². The summed E-state index contributed by atoms with van der Waals surface area (Å²) in [5, 5.41) is 0.448. The van der Waals surface area contributed by atoms with Crippen LogP contribution in [0, 0.1) is 0 Å². The fourth-order valence-electron chi connectivity index (χ4n) is 2.46. The van der Waals surface area contributed by atoms with Crippen LogP contribution >= 0.6 is 7.92 Å². The predicted octanol–water partition coefficient (Wildman–Crippen LogP) is 5.69. The quantitative estimate of drug-likeness (QED) is 0.437. The molecule has 0 amide bonds. The van der Waals surface area contributed by atoms with Gasteiger partial charge in [0.1, 0.15) is 0 Å². The maximum absolute atomic E-state index is 3.98. The number of hydrogen-bond donors (Lipinski definition) is 0. The van der Waals surface area contributed by atoms with Crippen LogP contribution in [0.4, 0.5) is 0 Å². The maximum Gasteiger partial charge on any atom is -0.0142 e. The van der Waals surface area contributed by atoms with Crippen molar-refractivity contribution in [2.24, 2.45) is 0 Å². The number of allylic oxidation sites excluding steroid dienone is 2. The summed E-state index contributed by atoms with van der Waals surface area (Å²) in [5.41, 5.74) is 2.15. The Labute approximate surface area is 103 Å². The Morgan fingerprint density at radius 1 is 1.19 bits per heavy atom. The molecule has 16 heavy (non-hydrogen) atoms. The largest absolute Gasteiger partial charge is 0.0961 e. The molecule has 0 N–H and O–H groups in total. The number of rotatable bonds is 3. The van der Waals surface area contributed by atoms with Gasteiger partial charge in [0.15, 0.2) is 0 Å². The van der Waals surface area contributed by atoms with E-state index in [1.807, 2.05) is 0 Å². The Kier molecular flexibility index (Phi) is 5.25. The van der Waals surface area contributed by atoms with E-state index in [9.17, 15) is 0 Å². The standard InChI is InChI=1S/C15H27P/c1-13(2)11-12-16(15(3,4)5)14-9-7-6-8-10-14/h11-12,14H,1,6-10H2,2-5H3. The fraction of sp³-hybridized carbons (Fsp3) is 0.733. The van der Waals surface area contributed by atoms with Crippen molar-refractivity contribution in [3.8, 4) is 0 Å². The van der Waals surface area contributed by atoms with Crippen molar-refractivity contribution in [1.82, 2.24) is 0 Å². The molecule has 0 radical (unpaired) electrons. The van der Waals surface area contributed by atoms with E-state index in [1.165, 1.54) is 37.7 Å². The molecule has 1 aliphatic carbocycles. The van der Waals surface area contributed by atoms with Crippen LogP contribution < -0.4 is 0 Å². The summed E-state index contributed by atoms with van der Waals surface area (Å²) >= 11 is 0. The van der Waals surface area contributed by atoms with E-state index in [2.05, 4.69) is 46.2 Å². The Morgan fingerprint density at radius 2 is 1.75 bits per heavy atom. The molecule has 1 fully saturated rings. The van der Waals surface area contributed by atoms with E-state index in [0.29, 0.717) is 5.16 Å². The van der Waals surface area contributed by atoms with Crippen LogP contribution in [0.2, 0.25) is 0 Å². The predicted molar refractivity (Wildman–Crippen MR) is 77.5 cm³/mol. The molecule has 1 heteroatoms. The van der Waals surface area contributed by atoms with Gasteiger partial charge in [-0.15, -0.1) is 0 Å². The first-order valence-corrected chi connectivity index (χ1v) is 8.01. The Bertz CT molecular complexity index is 251. The summed E-state index contributed by atoms with van der Waals surface area (Å²) in [6.07, 6.45) is 9.48.